The summed E-state index contributed by atoms with van der Waals surface area (Å²) in [6.45, 7) is 0. The number of hydrogen-bond donors (Lipinski definition) is 1. The van der Waals surface area contributed by atoms with Gasteiger partial charge in [-0.25, -0.2) is 4.98 Å². The Morgan fingerprint density at radius 2 is 1.76 bits per heavy atom. The molecule has 1 aromatic heterocycles. The van der Waals surface area contributed by atoms with Crippen LogP contribution < -0.4 is 14.8 Å². The highest BCUT2D eigenvalue weighted by Crippen LogP contribution is 2.45. The van der Waals surface area contributed by atoms with E-state index in [-0.39, 0.29) is 0 Å². The Bertz CT molecular complexity index is 480. The second kappa shape index (κ2) is 6.10. The molecule has 1 N–H and O–H groups in total. The maximum absolute atomic E-state index is 5.50. The van der Waals surface area contributed by atoms with Gasteiger partial charge in [-0.3, -0.25) is 0 Å². The molecule has 21 heavy (non-hydrogen) atoms. The summed E-state index contributed by atoms with van der Waals surface area (Å²) < 4.78 is 16.0. The summed E-state index contributed by atoms with van der Waals surface area (Å²) >= 11 is 0. The van der Waals surface area contributed by atoms with E-state index in [2.05, 4.69) is 10.3 Å². The van der Waals surface area contributed by atoms with Crippen molar-refractivity contribution in [1.29, 1.82) is 0 Å². The van der Waals surface area contributed by atoms with E-state index in [1.807, 2.05) is 19.4 Å². The molecule has 0 saturated heterocycles. The Kier molecular flexibility index (Phi) is 4.19. The Morgan fingerprint density at radius 3 is 2.33 bits per heavy atom. The van der Waals surface area contributed by atoms with Crippen LogP contribution in [-0.2, 0) is 4.74 Å². The van der Waals surface area contributed by atoms with Crippen LogP contribution in [0, 0.1) is 11.8 Å². The van der Waals surface area contributed by atoms with Gasteiger partial charge < -0.3 is 19.5 Å². The van der Waals surface area contributed by atoms with E-state index >= 15 is 0 Å². The fraction of sp³-hybridized carbons (Fsp3) is 0.688. The van der Waals surface area contributed by atoms with Crippen LogP contribution in [0.15, 0.2) is 12.3 Å². The lowest BCUT2D eigenvalue weighted by atomic mass is 10.0. The van der Waals surface area contributed by atoms with Gasteiger partial charge >= 0.3 is 0 Å². The number of pyridine rings is 1. The molecule has 0 radical (unpaired) electrons. The summed E-state index contributed by atoms with van der Waals surface area (Å²) in [5.41, 5.74) is 1.00. The number of fused-ring (bicyclic) bond motifs is 1. The lowest BCUT2D eigenvalue weighted by Gasteiger charge is -2.17. The topological polar surface area (TPSA) is 52.6 Å². The second-order valence-corrected chi connectivity index (χ2v) is 6.10. The zero-order chi connectivity index (χ0) is 14.8. The SMILES string of the molecule is COc1cc(NC2C[C@@H]3CC(OC)C[C@@H]3C2)cnc1OC. The van der Waals surface area contributed by atoms with E-state index in [0.29, 0.717) is 23.8 Å². The molecule has 0 aromatic carbocycles. The first-order valence-corrected chi connectivity index (χ1v) is 7.60. The summed E-state index contributed by atoms with van der Waals surface area (Å²) in [4.78, 5) is 4.28. The van der Waals surface area contributed by atoms with E-state index in [1.165, 1.54) is 25.7 Å². The molecule has 4 atom stereocenters. The quantitative estimate of drug-likeness (QED) is 0.904. The minimum atomic E-state index is 0.476. The first-order valence-electron chi connectivity index (χ1n) is 7.60. The van der Waals surface area contributed by atoms with Gasteiger partial charge in [-0.2, -0.15) is 0 Å². The van der Waals surface area contributed by atoms with Gasteiger partial charge in [-0.05, 0) is 37.5 Å². The Balaban J connectivity index is 1.61. The lowest BCUT2D eigenvalue weighted by Crippen LogP contribution is -2.18. The van der Waals surface area contributed by atoms with Gasteiger partial charge in [0.05, 0.1) is 32.2 Å². The summed E-state index contributed by atoms with van der Waals surface area (Å²) in [6, 6.07) is 2.48. The van der Waals surface area contributed by atoms with Crippen molar-refractivity contribution in [3.05, 3.63) is 12.3 Å². The lowest BCUT2D eigenvalue weighted by molar-refractivity contribution is 0.101. The molecule has 0 bridgehead atoms. The molecule has 1 aromatic rings. The third-order valence-electron chi connectivity index (χ3n) is 4.91. The normalized spacial score (nSPS) is 31.0. The van der Waals surface area contributed by atoms with Crippen molar-refractivity contribution in [2.24, 2.45) is 11.8 Å². The van der Waals surface area contributed by atoms with E-state index < -0.39 is 0 Å². The van der Waals surface area contributed by atoms with Crippen LogP contribution in [0.25, 0.3) is 0 Å². The predicted molar refractivity (Wildman–Crippen MR) is 81.0 cm³/mol. The molecule has 5 nitrogen and oxygen atoms in total. The number of nitrogens with one attached hydrogen (secondary N) is 1. The molecule has 2 aliphatic carbocycles. The van der Waals surface area contributed by atoms with Crippen LogP contribution in [0.5, 0.6) is 11.6 Å². The molecular weight excluding hydrogens is 268 g/mol. The van der Waals surface area contributed by atoms with Crippen molar-refractivity contribution in [3.8, 4) is 11.6 Å². The molecule has 1 heterocycles. The molecule has 2 unspecified atom stereocenters. The van der Waals surface area contributed by atoms with Gasteiger partial charge in [0.1, 0.15) is 0 Å². The van der Waals surface area contributed by atoms with E-state index in [9.17, 15) is 0 Å². The van der Waals surface area contributed by atoms with E-state index in [1.54, 1.807) is 14.2 Å². The third kappa shape index (κ3) is 2.93. The second-order valence-electron chi connectivity index (χ2n) is 6.10. The van der Waals surface area contributed by atoms with E-state index in [4.69, 9.17) is 14.2 Å². The molecule has 5 heteroatoms. The number of methoxy groups -OCH3 is 3. The smallest absolute Gasteiger partial charge is 0.256 e. The van der Waals surface area contributed by atoms with Gasteiger partial charge in [0.2, 0.25) is 0 Å². The van der Waals surface area contributed by atoms with Gasteiger partial charge in [-0.15, -0.1) is 0 Å². The highest BCUT2D eigenvalue weighted by atomic mass is 16.5. The van der Waals surface area contributed by atoms with Crippen molar-refractivity contribution in [2.75, 3.05) is 26.6 Å². The molecular formula is C16H24N2O3. The zero-order valence-electron chi connectivity index (χ0n) is 13.0. The van der Waals surface area contributed by atoms with Crippen molar-refractivity contribution in [2.45, 2.75) is 37.8 Å². The first kappa shape index (κ1) is 14.4. The van der Waals surface area contributed by atoms with Crippen LogP contribution >= 0.6 is 0 Å². The molecule has 2 fully saturated rings. The van der Waals surface area contributed by atoms with Crippen LogP contribution in [0.2, 0.25) is 0 Å². The molecule has 116 valence electrons. The number of ether oxygens (including phenoxy) is 3. The monoisotopic (exact) mass is 292 g/mol. The molecule has 0 spiro atoms. The number of anilines is 1. The standard InChI is InChI=1S/C16H24N2O3/c1-19-14-6-10-4-12(5-11(10)7-14)18-13-8-15(20-2)16(21-3)17-9-13/h8-12,14,18H,4-7H2,1-3H3/t10-,11+,12?,14?. The number of nitrogens with zero attached hydrogens (tertiary/aromatic N) is 1. The average molecular weight is 292 g/mol. The van der Waals surface area contributed by atoms with Gasteiger partial charge in [0, 0.05) is 19.2 Å². The average Bonchev–Trinajstić information content (AvgIpc) is 3.04. The van der Waals surface area contributed by atoms with Crippen molar-refractivity contribution < 1.29 is 14.2 Å². The minimum absolute atomic E-state index is 0.476. The molecule has 0 amide bonds. The zero-order valence-corrected chi connectivity index (χ0v) is 13.0. The minimum Gasteiger partial charge on any atom is -0.491 e. The molecule has 2 aliphatic rings. The highest BCUT2D eigenvalue weighted by Gasteiger charge is 2.41. The number of hydrogen-bond acceptors (Lipinski definition) is 5. The van der Waals surface area contributed by atoms with Crippen molar-refractivity contribution in [1.82, 2.24) is 4.98 Å². The summed E-state index contributed by atoms with van der Waals surface area (Å²) in [5, 5.41) is 3.59. The summed E-state index contributed by atoms with van der Waals surface area (Å²) in [5.74, 6) is 2.80. The Morgan fingerprint density at radius 1 is 1.05 bits per heavy atom. The van der Waals surface area contributed by atoms with Crippen LogP contribution in [0.3, 0.4) is 0 Å². The largest absolute Gasteiger partial charge is 0.491 e. The number of rotatable bonds is 5. The van der Waals surface area contributed by atoms with Crippen LogP contribution in [0.4, 0.5) is 5.69 Å². The van der Waals surface area contributed by atoms with Gasteiger partial charge in [0.25, 0.3) is 5.88 Å². The molecule has 2 saturated carbocycles. The Labute approximate surface area is 126 Å². The molecule has 3 rings (SSSR count). The molecule has 0 aliphatic heterocycles. The van der Waals surface area contributed by atoms with E-state index in [0.717, 1.165) is 17.5 Å². The van der Waals surface area contributed by atoms with Crippen molar-refractivity contribution >= 4 is 5.69 Å². The fourth-order valence-corrected chi connectivity index (χ4v) is 3.92. The maximum Gasteiger partial charge on any atom is 0.256 e. The number of aromatic nitrogens is 1. The fourth-order valence-electron chi connectivity index (χ4n) is 3.92. The van der Waals surface area contributed by atoms with Crippen LogP contribution in [-0.4, -0.2) is 38.5 Å². The Hall–Kier alpha value is -1.49. The van der Waals surface area contributed by atoms with Gasteiger partial charge in [-0.1, -0.05) is 0 Å². The summed E-state index contributed by atoms with van der Waals surface area (Å²) in [6.07, 6.45) is 7.15. The predicted octanol–water partition coefficient (Wildman–Crippen LogP) is 2.71. The maximum atomic E-state index is 5.50. The van der Waals surface area contributed by atoms with Crippen molar-refractivity contribution in [3.63, 3.8) is 0 Å². The van der Waals surface area contributed by atoms with Crippen LogP contribution in [0.1, 0.15) is 25.7 Å². The van der Waals surface area contributed by atoms with Gasteiger partial charge in [0.15, 0.2) is 5.75 Å². The third-order valence-corrected chi connectivity index (χ3v) is 4.91. The summed E-state index contributed by atoms with van der Waals surface area (Å²) in [7, 11) is 5.06. The highest BCUT2D eigenvalue weighted by molar-refractivity contribution is 5.50. The first-order chi connectivity index (χ1) is 10.2.